The number of hydrogen-bond donors (Lipinski definition) is 1. The van der Waals surface area contributed by atoms with Gasteiger partial charge in [0, 0.05) is 24.7 Å². The molecular formula is C23H21N3O3S. The van der Waals surface area contributed by atoms with Crippen LogP contribution in [-0.2, 0) is 9.59 Å². The molecule has 2 aromatic carbocycles. The zero-order chi connectivity index (χ0) is 21.3. The minimum absolute atomic E-state index is 0.239. The normalized spacial score (nSPS) is 13.8. The van der Waals surface area contributed by atoms with Gasteiger partial charge in [0.15, 0.2) is 0 Å². The van der Waals surface area contributed by atoms with Crippen LogP contribution in [0.25, 0.3) is 5.57 Å². The first-order valence-electron chi connectivity index (χ1n) is 9.35. The number of benzene rings is 2. The maximum atomic E-state index is 13.4. The summed E-state index contributed by atoms with van der Waals surface area (Å²) in [5, 5.41) is 5.03. The van der Waals surface area contributed by atoms with Crippen molar-refractivity contribution in [1.29, 1.82) is 0 Å². The maximum Gasteiger partial charge on any atom is 0.282 e. The van der Waals surface area contributed by atoms with Crippen LogP contribution in [0.4, 0.5) is 17.1 Å². The molecule has 7 heteroatoms. The van der Waals surface area contributed by atoms with E-state index in [1.165, 1.54) is 16.2 Å². The molecule has 152 valence electrons. The Morgan fingerprint density at radius 2 is 1.67 bits per heavy atom. The van der Waals surface area contributed by atoms with Crippen LogP contribution in [0.15, 0.2) is 71.7 Å². The zero-order valence-electron chi connectivity index (χ0n) is 16.9. The summed E-state index contributed by atoms with van der Waals surface area (Å²) in [6.45, 7) is 0. The number of carbonyl (C=O) groups excluding carboxylic acids is 2. The van der Waals surface area contributed by atoms with Gasteiger partial charge < -0.3 is 15.0 Å². The summed E-state index contributed by atoms with van der Waals surface area (Å²) in [5.74, 6) is -0.158. The Bertz CT molecular complexity index is 1120. The number of nitrogens with one attached hydrogen (secondary N) is 1. The number of amides is 2. The third-order valence-electron chi connectivity index (χ3n) is 4.84. The van der Waals surface area contributed by atoms with Crippen molar-refractivity contribution in [2.45, 2.75) is 0 Å². The molecule has 0 saturated carbocycles. The Kier molecular flexibility index (Phi) is 5.29. The first-order chi connectivity index (χ1) is 14.5. The second-order valence-corrected chi connectivity index (χ2v) is 7.86. The average Bonchev–Trinajstić information content (AvgIpc) is 3.35. The lowest BCUT2D eigenvalue weighted by molar-refractivity contribution is -0.120. The van der Waals surface area contributed by atoms with E-state index < -0.39 is 5.91 Å². The van der Waals surface area contributed by atoms with Crippen LogP contribution in [0.3, 0.4) is 0 Å². The predicted octanol–water partition coefficient (Wildman–Crippen LogP) is 4.22. The van der Waals surface area contributed by atoms with E-state index in [-0.39, 0.29) is 11.6 Å². The quantitative estimate of drug-likeness (QED) is 0.606. The summed E-state index contributed by atoms with van der Waals surface area (Å²) in [4.78, 5) is 30.7. The molecule has 4 rings (SSSR count). The van der Waals surface area contributed by atoms with Crippen molar-refractivity contribution >= 4 is 45.8 Å². The van der Waals surface area contributed by atoms with Crippen LogP contribution in [-0.4, -0.2) is 33.0 Å². The molecule has 1 aliphatic rings. The molecule has 0 atom stereocenters. The smallest absolute Gasteiger partial charge is 0.282 e. The highest BCUT2D eigenvalue weighted by Crippen LogP contribution is 2.37. The van der Waals surface area contributed by atoms with Gasteiger partial charge in [-0.2, -0.15) is 0 Å². The van der Waals surface area contributed by atoms with E-state index in [2.05, 4.69) is 5.32 Å². The van der Waals surface area contributed by atoms with Gasteiger partial charge in [-0.15, -0.1) is 11.3 Å². The van der Waals surface area contributed by atoms with Gasteiger partial charge in [0.05, 0.1) is 24.1 Å². The van der Waals surface area contributed by atoms with E-state index in [1.54, 1.807) is 25.3 Å². The first-order valence-corrected chi connectivity index (χ1v) is 10.2. The highest BCUT2D eigenvalue weighted by molar-refractivity contribution is 7.11. The molecule has 0 saturated heterocycles. The summed E-state index contributed by atoms with van der Waals surface area (Å²) < 4.78 is 5.39. The number of anilines is 3. The van der Waals surface area contributed by atoms with E-state index in [0.29, 0.717) is 22.7 Å². The lowest BCUT2D eigenvalue weighted by Gasteiger charge is -2.18. The third kappa shape index (κ3) is 3.44. The molecule has 2 amide bonds. The van der Waals surface area contributed by atoms with Crippen LogP contribution in [0.1, 0.15) is 4.88 Å². The number of rotatable bonds is 6. The number of nitrogens with zero attached hydrogens (tertiary/aromatic N) is 2. The second-order valence-electron chi connectivity index (χ2n) is 6.91. The largest absolute Gasteiger partial charge is 0.495 e. The number of imide groups is 1. The number of carbonyl (C=O) groups is 2. The van der Waals surface area contributed by atoms with E-state index in [0.717, 1.165) is 10.6 Å². The van der Waals surface area contributed by atoms with Gasteiger partial charge in [0.2, 0.25) is 0 Å². The molecule has 30 heavy (non-hydrogen) atoms. The topological polar surface area (TPSA) is 61.9 Å². The van der Waals surface area contributed by atoms with Crippen molar-refractivity contribution in [2.24, 2.45) is 0 Å². The molecule has 1 aromatic heterocycles. The van der Waals surface area contributed by atoms with Crippen LogP contribution in [0, 0.1) is 0 Å². The van der Waals surface area contributed by atoms with Crippen molar-refractivity contribution in [1.82, 2.24) is 0 Å². The average molecular weight is 420 g/mol. The number of ether oxygens (including phenoxy) is 1. The summed E-state index contributed by atoms with van der Waals surface area (Å²) in [6, 6.07) is 18.3. The van der Waals surface area contributed by atoms with Gasteiger partial charge in [-0.1, -0.05) is 18.2 Å². The molecule has 6 nitrogen and oxygen atoms in total. The van der Waals surface area contributed by atoms with Crippen LogP contribution in [0.5, 0.6) is 5.75 Å². The maximum absolute atomic E-state index is 13.4. The minimum atomic E-state index is -0.396. The van der Waals surface area contributed by atoms with Crippen molar-refractivity contribution < 1.29 is 14.3 Å². The molecule has 0 radical (unpaired) electrons. The Morgan fingerprint density at radius 1 is 0.933 bits per heavy atom. The van der Waals surface area contributed by atoms with Gasteiger partial charge in [-0.25, -0.2) is 4.90 Å². The Hall–Kier alpha value is -3.58. The van der Waals surface area contributed by atoms with E-state index >= 15 is 0 Å². The van der Waals surface area contributed by atoms with Gasteiger partial charge >= 0.3 is 0 Å². The Morgan fingerprint density at radius 3 is 2.30 bits per heavy atom. The molecule has 1 aliphatic heterocycles. The standard InChI is InChI=1S/C23H21N3O3S/c1-25(2)15-10-12-16(13-11-15)26-22(27)20(19-9-6-14-30-19)21(23(26)28)24-17-7-4-5-8-18(17)29-3/h4-14,24H,1-3H3. The monoisotopic (exact) mass is 419 g/mol. The van der Waals surface area contributed by atoms with Crippen LogP contribution < -0.4 is 19.9 Å². The van der Waals surface area contributed by atoms with Crippen molar-refractivity contribution in [3.8, 4) is 5.75 Å². The first kappa shape index (κ1) is 19.7. The number of para-hydroxylation sites is 2. The SMILES string of the molecule is COc1ccccc1NC1=C(c2cccs2)C(=O)N(c2ccc(N(C)C)cc2)C1=O. The van der Waals surface area contributed by atoms with E-state index in [4.69, 9.17) is 4.74 Å². The fourth-order valence-corrected chi connectivity index (χ4v) is 4.08. The molecule has 0 spiro atoms. The van der Waals surface area contributed by atoms with Crippen LogP contribution >= 0.6 is 11.3 Å². The minimum Gasteiger partial charge on any atom is -0.495 e. The summed E-state index contributed by atoms with van der Waals surface area (Å²) in [6.07, 6.45) is 0. The summed E-state index contributed by atoms with van der Waals surface area (Å²) >= 11 is 1.42. The third-order valence-corrected chi connectivity index (χ3v) is 5.73. The van der Waals surface area contributed by atoms with Gasteiger partial charge in [0.25, 0.3) is 11.8 Å². The van der Waals surface area contributed by atoms with Crippen molar-refractivity contribution in [2.75, 3.05) is 36.3 Å². The summed E-state index contributed by atoms with van der Waals surface area (Å²) in [7, 11) is 5.44. The Balaban J connectivity index is 1.77. The molecule has 2 heterocycles. The number of hydrogen-bond acceptors (Lipinski definition) is 6. The Labute approximate surface area is 179 Å². The molecule has 3 aromatic rings. The molecule has 0 unspecified atom stereocenters. The molecular weight excluding hydrogens is 398 g/mol. The van der Waals surface area contributed by atoms with Gasteiger partial charge in [-0.05, 0) is 47.8 Å². The molecule has 0 bridgehead atoms. The molecule has 0 fully saturated rings. The summed E-state index contributed by atoms with van der Waals surface area (Å²) in [5.41, 5.74) is 2.73. The van der Waals surface area contributed by atoms with Crippen LogP contribution in [0.2, 0.25) is 0 Å². The second kappa shape index (κ2) is 8.04. The van der Waals surface area contributed by atoms with Crippen molar-refractivity contribution in [3.63, 3.8) is 0 Å². The van der Waals surface area contributed by atoms with E-state index in [1.807, 2.05) is 66.8 Å². The van der Waals surface area contributed by atoms with Gasteiger partial charge in [0.1, 0.15) is 11.4 Å². The highest BCUT2D eigenvalue weighted by atomic mass is 32.1. The van der Waals surface area contributed by atoms with E-state index in [9.17, 15) is 9.59 Å². The highest BCUT2D eigenvalue weighted by Gasteiger charge is 2.40. The fourth-order valence-electron chi connectivity index (χ4n) is 3.31. The predicted molar refractivity (Wildman–Crippen MR) is 121 cm³/mol. The lowest BCUT2D eigenvalue weighted by atomic mass is 10.1. The van der Waals surface area contributed by atoms with Gasteiger partial charge in [-0.3, -0.25) is 9.59 Å². The molecule has 0 aliphatic carbocycles. The van der Waals surface area contributed by atoms with Crippen molar-refractivity contribution in [3.05, 3.63) is 76.6 Å². The number of thiophene rings is 1. The fraction of sp³-hybridized carbons (Fsp3) is 0.130. The zero-order valence-corrected chi connectivity index (χ0v) is 17.7. The number of methoxy groups -OCH3 is 1. The molecule has 1 N–H and O–H groups in total. The lowest BCUT2D eigenvalue weighted by Crippen LogP contribution is -2.32.